The number of anilines is 1. The molecule has 1 heterocycles. The quantitative estimate of drug-likeness (QED) is 0.910. The van der Waals surface area contributed by atoms with Crippen molar-refractivity contribution in [3.63, 3.8) is 0 Å². The number of aryl methyl sites for hydroxylation is 1. The van der Waals surface area contributed by atoms with Crippen LogP contribution in [-0.4, -0.2) is 17.5 Å². The molecule has 0 aromatic carbocycles. The van der Waals surface area contributed by atoms with E-state index in [-0.39, 0.29) is 13.0 Å². The van der Waals surface area contributed by atoms with Gasteiger partial charge in [-0.15, -0.1) is 0 Å². The zero-order valence-electron chi connectivity index (χ0n) is 8.65. The van der Waals surface area contributed by atoms with Crippen LogP contribution in [0.25, 0.3) is 0 Å². The highest BCUT2D eigenvalue weighted by atomic mass is 79.9. The molecule has 15 heavy (non-hydrogen) atoms. The molecular formula is C10H13BrF2N2. The van der Waals surface area contributed by atoms with E-state index in [1.54, 1.807) is 6.07 Å². The fourth-order valence-electron chi connectivity index (χ4n) is 1.05. The molecule has 84 valence electrons. The molecule has 0 amide bonds. The fraction of sp³-hybridized carbons (Fsp3) is 0.500. The Morgan fingerprint density at radius 3 is 2.67 bits per heavy atom. The first-order valence-corrected chi connectivity index (χ1v) is 5.42. The van der Waals surface area contributed by atoms with Crippen LogP contribution in [0.3, 0.4) is 0 Å². The summed E-state index contributed by atoms with van der Waals surface area (Å²) in [6, 6.07) is 3.60. The number of alkyl halides is 2. The molecule has 0 bridgehead atoms. The van der Waals surface area contributed by atoms with Gasteiger partial charge in [-0.05, 0) is 41.9 Å². The van der Waals surface area contributed by atoms with Crippen molar-refractivity contribution in [1.29, 1.82) is 0 Å². The molecule has 0 fully saturated rings. The molecule has 1 rings (SSSR count). The third-order valence-electron chi connectivity index (χ3n) is 1.89. The summed E-state index contributed by atoms with van der Waals surface area (Å²) in [5.41, 5.74) is 0.836. The minimum atomic E-state index is -2.63. The molecule has 0 saturated carbocycles. The van der Waals surface area contributed by atoms with Crippen molar-refractivity contribution in [3.8, 4) is 0 Å². The molecule has 0 aliphatic carbocycles. The molecule has 0 spiro atoms. The minimum absolute atomic E-state index is 0.191. The fourth-order valence-corrected chi connectivity index (χ4v) is 1.27. The number of halogens is 3. The highest BCUT2D eigenvalue weighted by Gasteiger charge is 2.19. The van der Waals surface area contributed by atoms with Crippen molar-refractivity contribution < 1.29 is 8.78 Å². The second kappa shape index (κ2) is 4.88. The summed E-state index contributed by atoms with van der Waals surface area (Å²) in [5.74, 6) is -2.00. The van der Waals surface area contributed by atoms with E-state index in [1.807, 2.05) is 13.0 Å². The van der Waals surface area contributed by atoms with E-state index in [2.05, 4.69) is 26.2 Å². The number of aromatic nitrogens is 1. The summed E-state index contributed by atoms with van der Waals surface area (Å²) in [6.07, 6.45) is -0.191. The molecule has 0 aliphatic rings. The maximum atomic E-state index is 12.5. The summed E-state index contributed by atoms with van der Waals surface area (Å²) in [4.78, 5) is 4.19. The van der Waals surface area contributed by atoms with Crippen LogP contribution in [0.4, 0.5) is 14.6 Å². The van der Waals surface area contributed by atoms with Crippen molar-refractivity contribution in [1.82, 2.24) is 4.98 Å². The van der Waals surface area contributed by atoms with E-state index >= 15 is 0 Å². The first-order chi connectivity index (χ1) is 6.88. The lowest BCUT2D eigenvalue weighted by Gasteiger charge is -2.11. The van der Waals surface area contributed by atoms with E-state index in [9.17, 15) is 8.78 Å². The number of hydrogen-bond donors (Lipinski definition) is 1. The maximum Gasteiger partial charge on any atom is 0.247 e. The number of rotatable bonds is 4. The zero-order chi connectivity index (χ0) is 11.5. The SMILES string of the molecule is Cc1nc(NCCC(C)(F)F)ccc1Br. The van der Waals surface area contributed by atoms with Gasteiger partial charge in [0, 0.05) is 17.4 Å². The Balaban J connectivity index is 2.48. The van der Waals surface area contributed by atoms with Gasteiger partial charge in [0.05, 0.1) is 5.69 Å². The third-order valence-corrected chi connectivity index (χ3v) is 2.73. The van der Waals surface area contributed by atoms with E-state index in [1.165, 1.54) is 0 Å². The van der Waals surface area contributed by atoms with E-state index in [0.717, 1.165) is 17.1 Å². The molecule has 1 aromatic heterocycles. The van der Waals surface area contributed by atoms with Gasteiger partial charge in [0.15, 0.2) is 0 Å². The number of nitrogens with zero attached hydrogens (tertiary/aromatic N) is 1. The molecule has 0 aliphatic heterocycles. The van der Waals surface area contributed by atoms with Crippen molar-refractivity contribution >= 4 is 21.7 Å². The van der Waals surface area contributed by atoms with Gasteiger partial charge in [-0.3, -0.25) is 0 Å². The standard InChI is InChI=1S/C10H13BrF2N2/c1-7-8(11)3-4-9(15-7)14-6-5-10(2,12)13/h3-4H,5-6H2,1-2H3,(H,14,15). The Morgan fingerprint density at radius 2 is 2.13 bits per heavy atom. The molecule has 0 unspecified atom stereocenters. The Morgan fingerprint density at radius 1 is 1.47 bits per heavy atom. The van der Waals surface area contributed by atoms with Crippen LogP contribution < -0.4 is 5.32 Å². The van der Waals surface area contributed by atoms with Crippen LogP contribution >= 0.6 is 15.9 Å². The first kappa shape index (κ1) is 12.4. The second-order valence-electron chi connectivity index (χ2n) is 3.51. The Kier molecular flexibility index (Phi) is 4.02. The third kappa shape index (κ3) is 4.55. The zero-order valence-corrected chi connectivity index (χ0v) is 10.2. The Hall–Kier alpha value is -0.710. The molecule has 0 radical (unpaired) electrons. The summed E-state index contributed by atoms with van der Waals surface area (Å²) < 4.78 is 25.9. The maximum absolute atomic E-state index is 12.5. The average Bonchev–Trinajstić information content (AvgIpc) is 2.09. The lowest BCUT2D eigenvalue weighted by atomic mass is 10.2. The van der Waals surface area contributed by atoms with Crippen molar-refractivity contribution in [2.45, 2.75) is 26.2 Å². The minimum Gasteiger partial charge on any atom is -0.370 e. The smallest absolute Gasteiger partial charge is 0.247 e. The summed E-state index contributed by atoms with van der Waals surface area (Å²) in [5, 5.41) is 2.86. The van der Waals surface area contributed by atoms with Gasteiger partial charge in [0.25, 0.3) is 0 Å². The van der Waals surface area contributed by atoms with Crippen LogP contribution in [0, 0.1) is 6.92 Å². The van der Waals surface area contributed by atoms with Gasteiger partial charge in [-0.25, -0.2) is 13.8 Å². The lowest BCUT2D eigenvalue weighted by Crippen LogP contribution is -2.16. The van der Waals surface area contributed by atoms with Gasteiger partial charge in [0.2, 0.25) is 5.92 Å². The molecule has 5 heteroatoms. The van der Waals surface area contributed by atoms with E-state index < -0.39 is 5.92 Å². The first-order valence-electron chi connectivity index (χ1n) is 4.63. The van der Waals surface area contributed by atoms with Crippen LogP contribution in [0.5, 0.6) is 0 Å². The highest BCUT2D eigenvalue weighted by molar-refractivity contribution is 9.10. The lowest BCUT2D eigenvalue weighted by molar-refractivity contribution is 0.0167. The number of nitrogens with one attached hydrogen (secondary N) is 1. The van der Waals surface area contributed by atoms with Crippen LogP contribution in [0.2, 0.25) is 0 Å². The van der Waals surface area contributed by atoms with Crippen LogP contribution in [0.1, 0.15) is 19.0 Å². The molecule has 1 N–H and O–H groups in total. The predicted molar refractivity (Wildman–Crippen MR) is 60.4 cm³/mol. The summed E-state index contributed by atoms with van der Waals surface area (Å²) in [7, 11) is 0. The van der Waals surface area contributed by atoms with Gasteiger partial charge < -0.3 is 5.32 Å². The largest absolute Gasteiger partial charge is 0.370 e. The van der Waals surface area contributed by atoms with Crippen LogP contribution in [0.15, 0.2) is 16.6 Å². The predicted octanol–water partition coefficient (Wildman–Crippen LogP) is 3.61. The topological polar surface area (TPSA) is 24.9 Å². The van der Waals surface area contributed by atoms with E-state index in [4.69, 9.17) is 0 Å². The number of pyridine rings is 1. The highest BCUT2D eigenvalue weighted by Crippen LogP contribution is 2.18. The number of hydrogen-bond acceptors (Lipinski definition) is 2. The van der Waals surface area contributed by atoms with Crippen LogP contribution in [-0.2, 0) is 0 Å². The average molecular weight is 279 g/mol. The second-order valence-corrected chi connectivity index (χ2v) is 4.37. The van der Waals surface area contributed by atoms with Gasteiger partial charge >= 0.3 is 0 Å². The summed E-state index contributed by atoms with van der Waals surface area (Å²) in [6.45, 7) is 2.98. The monoisotopic (exact) mass is 278 g/mol. The molecule has 0 atom stereocenters. The molecular weight excluding hydrogens is 266 g/mol. The van der Waals surface area contributed by atoms with Crippen molar-refractivity contribution in [3.05, 3.63) is 22.3 Å². The normalized spacial score (nSPS) is 11.5. The molecule has 2 nitrogen and oxygen atoms in total. The molecule has 1 aromatic rings. The van der Waals surface area contributed by atoms with Gasteiger partial charge in [-0.1, -0.05) is 0 Å². The Bertz CT molecular complexity index is 337. The Labute approximate surface area is 96.2 Å². The van der Waals surface area contributed by atoms with Gasteiger partial charge in [-0.2, -0.15) is 0 Å². The van der Waals surface area contributed by atoms with E-state index in [0.29, 0.717) is 5.82 Å². The van der Waals surface area contributed by atoms with Crippen molar-refractivity contribution in [2.75, 3.05) is 11.9 Å². The van der Waals surface area contributed by atoms with Gasteiger partial charge in [0.1, 0.15) is 5.82 Å². The van der Waals surface area contributed by atoms with Crippen molar-refractivity contribution in [2.24, 2.45) is 0 Å². The molecule has 0 saturated heterocycles. The summed E-state index contributed by atoms with van der Waals surface area (Å²) >= 11 is 3.32.